The lowest BCUT2D eigenvalue weighted by atomic mass is 9.99. The number of hydrogen-bond acceptors (Lipinski definition) is 3. The summed E-state index contributed by atoms with van der Waals surface area (Å²) < 4.78 is 13.1. The molecule has 0 aliphatic carbocycles. The number of amides is 1. The van der Waals surface area contributed by atoms with Crippen molar-refractivity contribution in [3.05, 3.63) is 41.8 Å². The molecule has 2 aliphatic heterocycles. The average Bonchev–Trinajstić information content (AvgIpc) is 3.15. The molecule has 2 saturated heterocycles. The Morgan fingerprint density at radius 3 is 2.50 bits per heavy atom. The highest BCUT2D eigenvalue weighted by molar-refractivity contribution is 5.99. The van der Waals surface area contributed by atoms with E-state index in [9.17, 15) is 9.18 Å². The molecule has 1 amide bonds. The fraction of sp³-hybridized carbons (Fsp3) is 0.412. The number of nitrogens with zero attached hydrogens (tertiary/aromatic N) is 1. The third-order valence-electron chi connectivity index (χ3n) is 4.83. The van der Waals surface area contributed by atoms with Gasteiger partial charge in [-0.3, -0.25) is 9.89 Å². The van der Waals surface area contributed by atoms with Crippen molar-refractivity contribution in [1.82, 2.24) is 20.8 Å². The van der Waals surface area contributed by atoms with E-state index in [0.717, 1.165) is 18.4 Å². The lowest BCUT2D eigenvalue weighted by Crippen LogP contribution is -2.48. The molecule has 1 aromatic carbocycles. The molecule has 2 atom stereocenters. The summed E-state index contributed by atoms with van der Waals surface area (Å²) in [6, 6.07) is 7.30. The number of carbonyl (C=O) groups is 1. The minimum absolute atomic E-state index is 0. The summed E-state index contributed by atoms with van der Waals surface area (Å²) >= 11 is 0. The molecule has 2 unspecified atom stereocenters. The summed E-state index contributed by atoms with van der Waals surface area (Å²) in [5.41, 5.74) is 1.88. The predicted molar refractivity (Wildman–Crippen MR) is 91.7 cm³/mol. The highest BCUT2D eigenvalue weighted by atomic mass is 35.5. The largest absolute Gasteiger partial charge is 0.349 e. The van der Waals surface area contributed by atoms with Gasteiger partial charge in [0.25, 0.3) is 5.91 Å². The van der Waals surface area contributed by atoms with E-state index in [1.807, 2.05) is 0 Å². The van der Waals surface area contributed by atoms with E-state index in [2.05, 4.69) is 20.8 Å². The summed E-state index contributed by atoms with van der Waals surface area (Å²) in [5, 5.41) is 13.5. The Bertz CT molecular complexity index is 706. The molecule has 128 valence electrons. The Hall–Kier alpha value is -1.92. The molecule has 3 N–H and O–H groups in total. The van der Waals surface area contributed by atoms with Gasteiger partial charge < -0.3 is 10.6 Å². The second-order valence-corrected chi connectivity index (χ2v) is 6.45. The number of piperidine rings is 1. The van der Waals surface area contributed by atoms with Crippen LogP contribution in [0.25, 0.3) is 11.3 Å². The fourth-order valence-corrected chi connectivity index (χ4v) is 3.73. The van der Waals surface area contributed by atoms with Crippen LogP contribution in [0, 0.1) is 5.82 Å². The molecule has 1 aromatic heterocycles. The quantitative estimate of drug-likeness (QED) is 0.797. The van der Waals surface area contributed by atoms with Crippen molar-refractivity contribution in [1.29, 1.82) is 0 Å². The molecule has 5 nitrogen and oxygen atoms in total. The van der Waals surface area contributed by atoms with Gasteiger partial charge in [0.05, 0.1) is 17.5 Å². The first-order chi connectivity index (χ1) is 11.2. The molecule has 0 radical (unpaired) electrons. The number of fused-ring (bicyclic) bond motifs is 2. The Morgan fingerprint density at radius 2 is 1.83 bits per heavy atom. The molecule has 3 heterocycles. The van der Waals surface area contributed by atoms with E-state index in [-0.39, 0.29) is 30.2 Å². The van der Waals surface area contributed by atoms with Crippen molar-refractivity contribution in [2.24, 2.45) is 0 Å². The molecule has 4 rings (SSSR count). The van der Waals surface area contributed by atoms with Crippen molar-refractivity contribution >= 4 is 18.3 Å². The van der Waals surface area contributed by atoms with E-state index < -0.39 is 0 Å². The molecular weight excluding hydrogens is 331 g/mol. The first kappa shape index (κ1) is 16.9. The number of hydrogen-bond donors (Lipinski definition) is 3. The molecule has 2 bridgehead atoms. The zero-order chi connectivity index (χ0) is 15.8. The van der Waals surface area contributed by atoms with Crippen LogP contribution >= 0.6 is 12.4 Å². The number of halogens is 2. The standard InChI is InChI=1S/C17H19FN4O.ClH/c18-11-3-1-10(2-4-11)16-15(9-19-22-16)17(23)21-14-7-12-5-6-13(8-14)20-12;/h1-4,9,12-14,20H,5-8H2,(H,19,22)(H,21,23);1H. The first-order valence-electron chi connectivity index (χ1n) is 8.05. The lowest BCUT2D eigenvalue weighted by molar-refractivity contribution is 0.0924. The summed E-state index contributed by atoms with van der Waals surface area (Å²) in [6.45, 7) is 0. The number of aromatic amines is 1. The van der Waals surface area contributed by atoms with E-state index in [1.165, 1.54) is 31.2 Å². The zero-order valence-corrected chi connectivity index (χ0v) is 13.9. The van der Waals surface area contributed by atoms with Gasteiger partial charge in [-0.2, -0.15) is 5.10 Å². The van der Waals surface area contributed by atoms with Crippen LogP contribution in [0.3, 0.4) is 0 Å². The van der Waals surface area contributed by atoms with Crippen LogP contribution in [0.1, 0.15) is 36.0 Å². The smallest absolute Gasteiger partial charge is 0.255 e. The molecule has 2 fully saturated rings. The summed E-state index contributed by atoms with van der Waals surface area (Å²) in [5.74, 6) is -0.422. The van der Waals surface area contributed by atoms with Crippen LogP contribution in [-0.4, -0.2) is 34.2 Å². The second kappa shape index (κ2) is 6.91. The monoisotopic (exact) mass is 350 g/mol. The average molecular weight is 351 g/mol. The van der Waals surface area contributed by atoms with Crippen molar-refractivity contribution < 1.29 is 9.18 Å². The summed E-state index contributed by atoms with van der Waals surface area (Å²) in [7, 11) is 0. The van der Waals surface area contributed by atoms with Gasteiger partial charge in [0.2, 0.25) is 0 Å². The van der Waals surface area contributed by atoms with Crippen molar-refractivity contribution in [3.8, 4) is 11.3 Å². The minimum atomic E-state index is -0.301. The zero-order valence-electron chi connectivity index (χ0n) is 13.1. The number of nitrogens with one attached hydrogen (secondary N) is 3. The number of benzene rings is 1. The third kappa shape index (κ3) is 3.30. The van der Waals surface area contributed by atoms with Gasteiger partial charge in [0.1, 0.15) is 5.82 Å². The maximum Gasteiger partial charge on any atom is 0.255 e. The van der Waals surface area contributed by atoms with Crippen molar-refractivity contribution in [3.63, 3.8) is 0 Å². The van der Waals surface area contributed by atoms with Crippen molar-refractivity contribution in [2.45, 2.75) is 43.8 Å². The van der Waals surface area contributed by atoms with Gasteiger partial charge >= 0.3 is 0 Å². The maximum atomic E-state index is 13.1. The SMILES string of the molecule is Cl.O=C(NC1CC2CCC(C1)N2)c1cn[nH]c1-c1ccc(F)cc1. The van der Waals surface area contributed by atoms with Gasteiger partial charge in [0.15, 0.2) is 0 Å². The number of H-pyrrole nitrogens is 1. The lowest BCUT2D eigenvalue weighted by Gasteiger charge is -2.29. The number of aromatic nitrogens is 2. The summed E-state index contributed by atoms with van der Waals surface area (Å²) in [6.07, 6.45) is 5.88. The van der Waals surface area contributed by atoms with Crippen molar-refractivity contribution in [2.75, 3.05) is 0 Å². The Labute approximate surface area is 145 Å². The topological polar surface area (TPSA) is 69.8 Å². The Morgan fingerprint density at radius 1 is 1.17 bits per heavy atom. The Balaban J connectivity index is 0.00000169. The van der Waals surface area contributed by atoms with E-state index >= 15 is 0 Å². The van der Waals surface area contributed by atoms with Crippen LogP contribution in [0.4, 0.5) is 4.39 Å². The molecule has 2 aromatic rings. The molecule has 2 aliphatic rings. The van der Waals surface area contributed by atoms with E-state index in [1.54, 1.807) is 12.1 Å². The van der Waals surface area contributed by atoms with Gasteiger partial charge in [-0.25, -0.2) is 4.39 Å². The van der Waals surface area contributed by atoms with Crippen LogP contribution in [-0.2, 0) is 0 Å². The second-order valence-electron chi connectivity index (χ2n) is 6.45. The molecule has 7 heteroatoms. The minimum Gasteiger partial charge on any atom is -0.349 e. The van der Waals surface area contributed by atoms with Gasteiger partial charge in [0, 0.05) is 23.7 Å². The van der Waals surface area contributed by atoms with Crippen LogP contribution in [0.5, 0.6) is 0 Å². The van der Waals surface area contributed by atoms with E-state index in [4.69, 9.17) is 0 Å². The maximum absolute atomic E-state index is 13.1. The number of carbonyl (C=O) groups excluding carboxylic acids is 1. The van der Waals surface area contributed by atoms with Gasteiger partial charge in [-0.1, -0.05) is 0 Å². The highest BCUT2D eigenvalue weighted by Gasteiger charge is 2.34. The van der Waals surface area contributed by atoms with Crippen LogP contribution < -0.4 is 10.6 Å². The highest BCUT2D eigenvalue weighted by Crippen LogP contribution is 2.27. The molecular formula is C17H20ClFN4O. The summed E-state index contributed by atoms with van der Waals surface area (Å²) in [4.78, 5) is 12.6. The van der Waals surface area contributed by atoms with Gasteiger partial charge in [-0.05, 0) is 49.9 Å². The molecule has 24 heavy (non-hydrogen) atoms. The first-order valence-corrected chi connectivity index (χ1v) is 8.05. The predicted octanol–water partition coefficient (Wildman–Crippen LogP) is 2.65. The van der Waals surface area contributed by atoms with Gasteiger partial charge in [-0.15, -0.1) is 12.4 Å². The normalized spacial score (nSPS) is 25.1. The fourth-order valence-electron chi connectivity index (χ4n) is 3.73. The van der Waals surface area contributed by atoms with Crippen LogP contribution in [0.15, 0.2) is 30.5 Å². The van der Waals surface area contributed by atoms with E-state index in [0.29, 0.717) is 23.3 Å². The Kier molecular flexibility index (Phi) is 4.87. The third-order valence-corrected chi connectivity index (χ3v) is 4.83. The number of rotatable bonds is 3. The molecule has 0 spiro atoms. The van der Waals surface area contributed by atoms with Crippen LogP contribution in [0.2, 0.25) is 0 Å². The molecule has 0 saturated carbocycles.